The second-order valence-electron chi connectivity index (χ2n) is 7.98. The highest BCUT2D eigenvalue weighted by Crippen LogP contribution is 2.22. The quantitative estimate of drug-likeness (QED) is 0.458. The van der Waals surface area contributed by atoms with E-state index >= 15 is 0 Å². The molecule has 2 aromatic heterocycles. The highest BCUT2D eigenvalue weighted by atomic mass is 16.5. The van der Waals surface area contributed by atoms with E-state index in [0.717, 1.165) is 48.9 Å². The average Bonchev–Trinajstić information content (AvgIpc) is 3.57. The maximum absolute atomic E-state index is 12.3. The smallest absolute Gasteiger partial charge is 0.227 e. The number of fused-ring (bicyclic) bond motifs is 1. The summed E-state index contributed by atoms with van der Waals surface area (Å²) in [6.45, 7) is 2.42. The minimum absolute atomic E-state index is 0.228. The summed E-state index contributed by atoms with van der Waals surface area (Å²) in [5.74, 6) is 1.43. The molecule has 5 rings (SSSR count). The first-order valence-electron chi connectivity index (χ1n) is 10.9. The van der Waals surface area contributed by atoms with Gasteiger partial charge in [0.1, 0.15) is 0 Å². The lowest BCUT2D eigenvalue weighted by molar-refractivity contribution is -0.130. The van der Waals surface area contributed by atoms with Crippen molar-refractivity contribution in [2.75, 3.05) is 13.1 Å². The molecule has 2 aromatic carbocycles. The number of likely N-dealkylation sites (tertiary alicyclic amines) is 1. The fourth-order valence-corrected chi connectivity index (χ4v) is 4.09. The zero-order valence-electron chi connectivity index (χ0n) is 17.4. The van der Waals surface area contributed by atoms with E-state index < -0.39 is 0 Å². The monoisotopic (exact) mass is 415 g/mol. The van der Waals surface area contributed by atoms with Gasteiger partial charge in [-0.2, -0.15) is 4.98 Å². The molecule has 0 unspecified atom stereocenters. The van der Waals surface area contributed by atoms with Gasteiger partial charge in [-0.05, 0) is 43.0 Å². The molecule has 0 atom stereocenters. The number of imidazole rings is 1. The molecule has 1 aliphatic heterocycles. The Hall–Kier alpha value is -3.48. The zero-order valence-corrected chi connectivity index (χ0v) is 17.4. The molecule has 4 aromatic rings. The Balaban J connectivity index is 1.25. The summed E-state index contributed by atoms with van der Waals surface area (Å²) in [6, 6.07) is 16.2. The summed E-state index contributed by atoms with van der Waals surface area (Å²) < 4.78 is 7.48. The molecule has 7 heteroatoms. The summed E-state index contributed by atoms with van der Waals surface area (Å²) in [5, 5.41) is 4.15. The number of rotatable bonds is 7. The van der Waals surface area contributed by atoms with Gasteiger partial charge in [0.15, 0.2) is 0 Å². The lowest BCUT2D eigenvalue weighted by Crippen LogP contribution is -2.28. The van der Waals surface area contributed by atoms with Crippen molar-refractivity contribution >= 4 is 16.9 Å². The van der Waals surface area contributed by atoms with Crippen molar-refractivity contribution in [3.63, 3.8) is 0 Å². The van der Waals surface area contributed by atoms with E-state index in [1.54, 1.807) is 6.33 Å². The van der Waals surface area contributed by atoms with Crippen molar-refractivity contribution in [1.29, 1.82) is 0 Å². The van der Waals surface area contributed by atoms with Gasteiger partial charge in [-0.15, -0.1) is 0 Å². The zero-order chi connectivity index (χ0) is 21.0. The summed E-state index contributed by atoms with van der Waals surface area (Å²) in [5.41, 5.74) is 3.99. The number of aromatic nitrogens is 4. The highest BCUT2D eigenvalue weighted by molar-refractivity contribution is 5.81. The van der Waals surface area contributed by atoms with E-state index in [1.165, 1.54) is 5.56 Å². The van der Waals surface area contributed by atoms with Gasteiger partial charge in [0.25, 0.3) is 0 Å². The van der Waals surface area contributed by atoms with Gasteiger partial charge in [0.05, 0.1) is 17.4 Å². The highest BCUT2D eigenvalue weighted by Gasteiger charge is 2.18. The SMILES string of the molecule is O=C(CCn1cnc2cc(-c3noc(CCc4ccccc4)n3)ccc21)N1CCCC1. The maximum atomic E-state index is 12.3. The third-order valence-corrected chi connectivity index (χ3v) is 5.84. The number of hydrogen-bond donors (Lipinski definition) is 0. The molecule has 31 heavy (non-hydrogen) atoms. The lowest BCUT2D eigenvalue weighted by atomic mass is 10.1. The Morgan fingerprint density at radius 1 is 1.03 bits per heavy atom. The molecule has 0 saturated carbocycles. The lowest BCUT2D eigenvalue weighted by Gasteiger charge is -2.15. The van der Waals surface area contributed by atoms with Crippen molar-refractivity contribution in [2.24, 2.45) is 0 Å². The molecule has 158 valence electrons. The first-order valence-corrected chi connectivity index (χ1v) is 10.9. The second kappa shape index (κ2) is 8.71. The van der Waals surface area contributed by atoms with Crippen LogP contribution in [0.4, 0.5) is 0 Å². The Bertz CT molecular complexity index is 1180. The third kappa shape index (κ3) is 4.35. The number of amides is 1. The normalized spacial score (nSPS) is 13.9. The molecule has 0 N–H and O–H groups in total. The Labute approximate surface area is 180 Å². The number of nitrogens with zero attached hydrogens (tertiary/aromatic N) is 5. The molecular weight excluding hydrogens is 390 g/mol. The van der Waals surface area contributed by atoms with Crippen LogP contribution in [0.25, 0.3) is 22.4 Å². The van der Waals surface area contributed by atoms with E-state index in [4.69, 9.17) is 4.52 Å². The third-order valence-electron chi connectivity index (χ3n) is 5.84. The number of carbonyl (C=O) groups excluding carboxylic acids is 1. The van der Waals surface area contributed by atoms with Crippen molar-refractivity contribution in [1.82, 2.24) is 24.6 Å². The topological polar surface area (TPSA) is 77.0 Å². The van der Waals surface area contributed by atoms with Crippen LogP contribution in [0.1, 0.15) is 30.7 Å². The Kier molecular flexibility index (Phi) is 5.48. The molecule has 0 radical (unpaired) electrons. The van der Waals surface area contributed by atoms with Gasteiger partial charge in [0, 0.05) is 38.0 Å². The maximum Gasteiger partial charge on any atom is 0.227 e. The van der Waals surface area contributed by atoms with Gasteiger partial charge < -0.3 is 14.0 Å². The number of carbonyl (C=O) groups is 1. The summed E-state index contributed by atoms with van der Waals surface area (Å²) in [7, 11) is 0. The molecule has 7 nitrogen and oxygen atoms in total. The van der Waals surface area contributed by atoms with Gasteiger partial charge in [-0.25, -0.2) is 4.98 Å². The molecule has 1 aliphatic rings. The fraction of sp³-hybridized carbons (Fsp3) is 0.333. The summed E-state index contributed by atoms with van der Waals surface area (Å²) in [4.78, 5) is 23.4. The van der Waals surface area contributed by atoms with Crippen LogP contribution >= 0.6 is 0 Å². The van der Waals surface area contributed by atoms with Gasteiger partial charge in [0.2, 0.25) is 17.6 Å². The molecule has 0 bridgehead atoms. The van der Waals surface area contributed by atoms with Gasteiger partial charge in [-0.1, -0.05) is 35.5 Å². The van der Waals surface area contributed by atoms with Gasteiger partial charge in [-0.3, -0.25) is 4.79 Å². The summed E-state index contributed by atoms with van der Waals surface area (Å²) >= 11 is 0. The average molecular weight is 415 g/mol. The number of benzene rings is 2. The molecule has 1 amide bonds. The van der Waals surface area contributed by atoms with E-state index in [-0.39, 0.29) is 5.91 Å². The van der Waals surface area contributed by atoms with Crippen molar-refractivity contribution in [3.05, 3.63) is 66.3 Å². The molecule has 0 aliphatic carbocycles. The van der Waals surface area contributed by atoms with Crippen molar-refractivity contribution in [2.45, 2.75) is 38.6 Å². The van der Waals surface area contributed by atoms with Crippen LogP contribution in [0.2, 0.25) is 0 Å². The van der Waals surface area contributed by atoms with Crippen LogP contribution in [0.15, 0.2) is 59.4 Å². The van der Waals surface area contributed by atoms with Gasteiger partial charge >= 0.3 is 0 Å². The minimum atomic E-state index is 0.228. The second-order valence-corrected chi connectivity index (χ2v) is 7.98. The van der Waals surface area contributed by atoms with Crippen LogP contribution in [-0.4, -0.2) is 43.6 Å². The molecular formula is C24H25N5O2. The number of hydrogen-bond acceptors (Lipinski definition) is 5. The van der Waals surface area contributed by atoms with Crippen LogP contribution in [-0.2, 0) is 24.2 Å². The van der Waals surface area contributed by atoms with E-state index in [9.17, 15) is 4.79 Å². The van der Waals surface area contributed by atoms with Crippen LogP contribution in [0.5, 0.6) is 0 Å². The minimum Gasteiger partial charge on any atom is -0.343 e. The molecule has 1 saturated heterocycles. The largest absolute Gasteiger partial charge is 0.343 e. The first-order chi connectivity index (χ1) is 15.3. The summed E-state index contributed by atoms with van der Waals surface area (Å²) in [6.07, 6.45) is 6.11. The Morgan fingerprint density at radius 2 is 1.87 bits per heavy atom. The van der Waals surface area contributed by atoms with Crippen LogP contribution in [0, 0.1) is 0 Å². The predicted octanol–water partition coefficient (Wildman–Crippen LogP) is 3.88. The predicted molar refractivity (Wildman–Crippen MR) is 117 cm³/mol. The van der Waals surface area contributed by atoms with Crippen LogP contribution < -0.4 is 0 Å². The van der Waals surface area contributed by atoms with Crippen molar-refractivity contribution in [3.8, 4) is 11.4 Å². The molecule has 1 fully saturated rings. The fourth-order valence-electron chi connectivity index (χ4n) is 4.09. The van der Waals surface area contributed by atoms with Crippen LogP contribution in [0.3, 0.4) is 0 Å². The number of aryl methyl sites for hydroxylation is 3. The standard InChI is InChI=1S/C24H25N5O2/c30-23(28-13-4-5-14-28)12-15-29-17-25-20-16-19(9-10-21(20)29)24-26-22(31-27-24)11-8-18-6-2-1-3-7-18/h1-3,6-7,9-10,16-17H,4-5,8,11-15H2. The Morgan fingerprint density at radius 3 is 2.71 bits per heavy atom. The van der Waals surface area contributed by atoms with Crippen molar-refractivity contribution < 1.29 is 9.32 Å². The van der Waals surface area contributed by atoms with E-state index in [0.29, 0.717) is 31.1 Å². The molecule has 0 spiro atoms. The first kappa shape index (κ1) is 19.5. The van der Waals surface area contributed by atoms with E-state index in [1.807, 2.05) is 45.9 Å². The van der Waals surface area contributed by atoms with E-state index in [2.05, 4.69) is 27.3 Å². The molecule has 3 heterocycles.